The first-order valence-corrected chi connectivity index (χ1v) is 10.6. The third-order valence-electron chi connectivity index (χ3n) is 4.46. The molecule has 0 spiro atoms. The van der Waals surface area contributed by atoms with E-state index >= 15 is 0 Å². The van der Waals surface area contributed by atoms with Crippen LogP contribution in [0, 0.1) is 13.8 Å². The lowest BCUT2D eigenvalue weighted by molar-refractivity contribution is -0.115. The summed E-state index contributed by atoms with van der Waals surface area (Å²) in [7, 11) is 0. The van der Waals surface area contributed by atoms with E-state index in [-0.39, 0.29) is 22.5 Å². The van der Waals surface area contributed by atoms with Crippen LogP contribution >= 0.6 is 23.1 Å². The van der Waals surface area contributed by atoms with Gasteiger partial charge in [-0.1, -0.05) is 12.1 Å². The standard InChI is InChI=1S/C20H21N3O3S2/c1-10-12(3)28-20-17(10)19(26)22-16(23-20)9-27-13(4)18(25)21-15-7-5-6-14(8-15)11(2)24/h5-8,13H,9H2,1-4H3,(H,21,25)(H,22,23,26)/t13-/m0/s1. The Hall–Kier alpha value is -2.45. The summed E-state index contributed by atoms with van der Waals surface area (Å²) >= 11 is 2.89. The van der Waals surface area contributed by atoms with Crippen LogP contribution in [-0.2, 0) is 10.5 Å². The fourth-order valence-corrected chi connectivity index (χ4v) is 4.51. The highest BCUT2D eigenvalue weighted by molar-refractivity contribution is 7.99. The van der Waals surface area contributed by atoms with Crippen LogP contribution in [0.5, 0.6) is 0 Å². The molecule has 0 fully saturated rings. The van der Waals surface area contributed by atoms with Gasteiger partial charge in [0.1, 0.15) is 10.7 Å². The van der Waals surface area contributed by atoms with Gasteiger partial charge in [0.2, 0.25) is 5.91 Å². The molecule has 1 amide bonds. The summed E-state index contributed by atoms with van der Waals surface area (Å²) < 4.78 is 0. The maximum Gasteiger partial charge on any atom is 0.259 e. The number of carbonyl (C=O) groups excluding carboxylic acids is 2. The van der Waals surface area contributed by atoms with Crippen molar-refractivity contribution in [2.24, 2.45) is 0 Å². The topological polar surface area (TPSA) is 91.9 Å². The number of nitrogens with one attached hydrogen (secondary N) is 2. The van der Waals surface area contributed by atoms with Crippen LogP contribution in [0.15, 0.2) is 29.1 Å². The zero-order valence-electron chi connectivity index (χ0n) is 16.1. The summed E-state index contributed by atoms with van der Waals surface area (Å²) in [5.41, 5.74) is 1.96. The molecule has 3 rings (SSSR count). The SMILES string of the molecule is CC(=O)c1cccc(NC(=O)[C@H](C)SCc2nc3sc(C)c(C)c3c(=O)[nH]2)c1. The van der Waals surface area contributed by atoms with E-state index in [4.69, 9.17) is 0 Å². The number of aryl methyl sites for hydroxylation is 2. The summed E-state index contributed by atoms with van der Waals surface area (Å²) in [4.78, 5) is 45.4. The van der Waals surface area contributed by atoms with Crippen LogP contribution in [0.3, 0.4) is 0 Å². The van der Waals surface area contributed by atoms with Crippen LogP contribution in [0.4, 0.5) is 5.69 Å². The first kappa shape index (κ1) is 20.3. The molecular weight excluding hydrogens is 394 g/mol. The Balaban J connectivity index is 1.66. The molecule has 146 valence electrons. The van der Waals surface area contributed by atoms with E-state index in [2.05, 4.69) is 15.3 Å². The lowest BCUT2D eigenvalue weighted by Gasteiger charge is -2.12. The van der Waals surface area contributed by atoms with Crippen molar-refractivity contribution in [2.75, 3.05) is 5.32 Å². The van der Waals surface area contributed by atoms with E-state index in [1.165, 1.54) is 30.0 Å². The molecule has 8 heteroatoms. The van der Waals surface area contributed by atoms with Gasteiger partial charge in [0, 0.05) is 16.1 Å². The summed E-state index contributed by atoms with van der Waals surface area (Å²) in [6, 6.07) is 6.85. The average Bonchev–Trinajstić information content (AvgIpc) is 2.94. The summed E-state index contributed by atoms with van der Waals surface area (Å²) in [5.74, 6) is 0.755. The van der Waals surface area contributed by atoms with E-state index < -0.39 is 0 Å². The Morgan fingerprint density at radius 3 is 2.79 bits per heavy atom. The fourth-order valence-electron chi connectivity index (χ4n) is 2.71. The number of ketones is 1. The molecule has 0 radical (unpaired) electrons. The maximum atomic E-state index is 12.4. The van der Waals surface area contributed by atoms with Gasteiger partial charge in [0.05, 0.1) is 16.4 Å². The fraction of sp³-hybridized carbons (Fsp3) is 0.300. The van der Waals surface area contributed by atoms with Gasteiger partial charge in [-0.3, -0.25) is 14.4 Å². The van der Waals surface area contributed by atoms with Crippen molar-refractivity contribution in [2.45, 2.75) is 38.7 Å². The molecule has 6 nitrogen and oxygen atoms in total. The predicted molar refractivity (Wildman–Crippen MR) is 116 cm³/mol. The van der Waals surface area contributed by atoms with Crippen molar-refractivity contribution in [3.63, 3.8) is 0 Å². The van der Waals surface area contributed by atoms with Crippen LogP contribution in [0.1, 0.15) is 40.5 Å². The Bertz CT molecular complexity index is 1120. The molecule has 0 saturated carbocycles. The molecule has 3 aromatic rings. The number of thioether (sulfide) groups is 1. The van der Waals surface area contributed by atoms with Gasteiger partial charge in [-0.2, -0.15) is 0 Å². The van der Waals surface area contributed by atoms with Crippen LogP contribution in [0.2, 0.25) is 0 Å². The van der Waals surface area contributed by atoms with E-state index in [1.54, 1.807) is 31.2 Å². The van der Waals surface area contributed by atoms with Crippen molar-refractivity contribution < 1.29 is 9.59 Å². The number of carbonyl (C=O) groups is 2. The number of aromatic amines is 1. The smallest absolute Gasteiger partial charge is 0.259 e. The highest BCUT2D eigenvalue weighted by Gasteiger charge is 2.16. The molecule has 0 aliphatic rings. The van der Waals surface area contributed by atoms with Gasteiger partial charge in [0.15, 0.2) is 5.78 Å². The highest BCUT2D eigenvalue weighted by Crippen LogP contribution is 2.26. The second kappa shape index (κ2) is 8.28. The maximum absolute atomic E-state index is 12.4. The number of amides is 1. The first-order chi connectivity index (χ1) is 13.3. The predicted octanol–water partition coefficient (Wildman–Crippen LogP) is 4.06. The van der Waals surface area contributed by atoms with E-state index in [9.17, 15) is 14.4 Å². The average molecular weight is 416 g/mol. The molecule has 0 unspecified atom stereocenters. The van der Waals surface area contributed by atoms with Crippen molar-refractivity contribution in [1.29, 1.82) is 0 Å². The normalized spacial score (nSPS) is 12.1. The van der Waals surface area contributed by atoms with Crippen LogP contribution < -0.4 is 10.9 Å². The first-order valence-electron chi connectivity index (χ1n) is 8.78. The van der Waals surface area contributed by atoms with Crippen LogP contribution in [-0.4, -0.2) is 26.9 Å². The Morgan fingerprint density at radius 2 is 2.07 bits per heavy atom. The number of anilines is 1. The van der Waals surface area contributed by atoms with Gasteiger partial charge in [-0.25, -0.2) is 4.98 Å². The lowest BCUT2D eigenvalue weighted by atomic mass is 10.1. The molecule has 0 saturated heterocycles. The Labute approximate surface area is 170 Å². The summed E-state index contributed by atoms with van der Waals surface area (Å²) in [6.07, 6.45) is 0. The number of benzene rings is 1. The molecule has 2 aromatic heterocycles. The lowest BCUT2D eigenvalue weighted by Crippen LogP contribution is -2.23. The highest BCUT2D eigenvalue weighted by atomic mass is 32.2. The number of aromatic nitrogens is 2. The van der Waals surface area contributed by atoms with Gasteiger partial charge < -0.3 is 10.3 Å². The van der Waals surface area contributed by atoms with E-state index in [0.29, 0.717) is 28.2 Å². The molecule has 2 heterocycles. The van der Waals surface area contributed by atoms with Crippen molar-refractivity contribution in [3.05, 3.63) is 56.4 Å². The van der Waals surface area contributed by atoms with Gasteiger partial charge in [0.25, 0.3) is 5.56 Å². The minimum absolute atomic E-state index is 0.0528. The molecular formula is C20H21N3O3S2. The van der Waals surface area contributed by atoms with Crippen molar-refractivity contribution in [3.8, 4) is 0 Å². The minimum atomic E-state index is -0.353. The van der Waals surface area contributed by atoms with Gasteiger partial charge in [-0.15, -0.1) is 23.1 Å². The summed E-state index contributed by atoms with van der Waals surface area (Å²) in [6.45, 7) is 7.18. The molecule has 2 N–H and O–H groups in total. The van der Waals surface area contributed by atoms with Crippen molar-refractivity contribution >= 4 is 50.7 Å². The van der Waals surface area contributed by atoms with Crippen molar-refractivity contribution in [1.82, 2.24) is 9.97 Å². The molecule has 0 bridgehead atoms. The number of fused-ring (bicyclic) bond motifs is 1. The number of H-pyrrole nitrogens is 1. The second-order valence-corrected chi connectivity index (χ2v) is 9.09. The van der Waals surface area contributed by atoms with E-state index in [1.807, 2.05) is 13.8 Å². The third kappa shape index (κ3) is 4.34. The number of hydrogen-bond acceptors (Lipinski definition) is 6. The number of nitrogens with zero attached hydrogens (tertiary/aromatic N) is 1. The molecule has 1 atom stereocenters. The van der Waals surface area contributed by atoms with Gasteiger partial charge in [-0.05, 0) is 45.4 Å². The van der Waals surface area contributed by atoms with Gasteiger partial charge >= 0.3 is 0 Å². The largest absolute Gasteiger partial charge is 0.325 e. The van der Waals surface area contributed by atoms with Crippen LogP contribution in [0.25, 0.3) is 10.2 Å². The number of Topliss-reactive ketones (excluding diaryl/α,β-unsaturated/α-hetero) is 1. The number of thiophene rings is 1. The molecule has 0 aliphatic carbocycles. The second-order valence-electron chi connectivity index (χ2n) is 6.56. The molecule has 1 aromatic carbocycles. The number of hydrogen-bond donors (Lipinski definition) is 2. The van der Waals surface area contributed by atoms with E-state index in [0.717, 1.165) is 15.3 Å². The minimum Gasteiger partial charge on any atom is -0.325 e. The third-order valence-corrected chi connectivity index (χ3v) is 6.72. The molecule has 0 aliphatic heterocycles. The zero-order chi connectivity index (χ0) is 20.4. The Morgan fingerprint density at radius 1 is 1.32 bits per heavy atom. The Kier molecular flexibility index (Phi) is 6.00. The monoisotopic (exact) mass is 415 g/mol. The quantitative estimate of drug-likeness (QED) is 0.592. The summed E-state index contributed by atoms with van der Waals surface area (Å²) in [5, 5.41) is 3.12. The molecule has 28 heavy (non-hydrogen) atoms. The zero-order valence-corrected chi connectivity index (χ0v) is 17.7. The number of rotatable bonds is 6.